The molecule has 1 aliphatic rings. The summed E-state index contributed by atoms with van der Waals surface area (Å²) in [6.45, 7) is 6.13. The molecule has 1 fully saturated rings. The lowest BCUT2D eigenvalue weighted by Crippen LogP contribution is -2.40. The molecule has 0 amide bonds. The van der Waals surface area contributed by atoms with Gasteiger partial charge in [0, 0.05) is 11.7 Å². The summed E-state index contributed by atoms with van der Waals surface area (Å²) < 4.78 is 4.98. The molecule has 108 valence electrons. The molecule has 19 heavy (non-hydrogen) atoms. The predicted octanol–water partition coefficient (Wildman–Crippen LogP) is 2.25. The van der Waals surface area contributed by atoms with E-state index in [1.807, 2.05) is 0 Å². The lowest BCUT2D eigenvalue weighted by molar-refractivity contribution is -0.156. The third-order valence-electron chi connectivity index (χ3n) is 3.31. The van der Waals surface area contributed by atoms with E-state index in [0.29, 0.717) is 18.1 Å². The van der Waals surface area contributed by atoms with Gasteiger partial charge in [0.1, 0.15) is 11.7 Å². The number of ether oxygens (including phenoxy) is 1. The van der Waals surface area contributed by atoms with Crippen LogP contribution >= 0.6 is 11.8 Å². The Bertz CT molecular complexity index is 353. The molecule has 0 bridgehead atoms. The van der Waals surface area contributed by atoms with Gasteiger partial charge in [0.2, 0.25) is 0 Å². The van der Waals surface area contributed by atoms with Crippen LogP contribution in [0, 0.1) is 11.8 Å². The van der Waals surface area contributed by atoms with Gasteiger partial charge in [-0.15, -0.1) is 0 Å². The number of esters is 1. The average Bonchev–Trinajstić information content (AvgIpc) is 2.28. The first-order valence-corrected chi connectivity index (χ1v) is 7.87. The van der Waals surface area contributed by atoms with Gasteiger partial charge in [-0.1, -0.05) is 13.8 Å². The molecule has 1 saturated carbocycles. The minimum absolute atomic E-state index is 0.0516. The Morgan fingerprint density at radius 3 is 2.68 bits per heavy atom. The maximum absolute atomic E-state index is 11.9. The second-order valence-corrected chi connectivity index (χ2v) is 6.59. The highest BCUT2D eigenvalue weighted by Gasteiger charge is 2.41. The molecule has 0 radical (unpaired) electrons. The third-order valence-corrected chi connectivity index (χ3v) is 4.40. The average molecular weight is 286 g/mol. The Balaban J connectivity index is 2.78. The van der Waals surface area contributed by atoms with E-state index >= 15 is 0 Å². The first-order chi connectivity index (χ1) is 8.99. The molecule has 4 nitrogen and oxygen atoms in total. The van der Waals surface area contributed by atoms with Gasteiger partial charge in [-0.25, -0.2) is 0 Å². The molecule has 1 rings (SSSR count). The summed E-state index contributed by atoms with van der Waals surface area (Å²) >= 11 is 1.78. The van der Waals surface area contributed by atoms with Crippen LogP contribution in [0.4, 0.5) is 0 Å². The molecule has 0 saturated heterocycles. The van der Waals surface area contributed by atoms with Crippen molar-refractivity contribution in [2.45, 2.75) is 45.3 Å². The Kier molecular flexibility index (Phi) is 6.55. The van der Waals surface area contributed by atoms with Gasteiger partial charge in [-0.2, -0.15) is 11.8 Å². The van der Waals surface area contributed by atoms with E-state index in [1.165, 1.54) is 0 Å². The molecule has 0 aromatic carbocycles. The molecule has 0 spiro atoms. The predicted molar refractivity (Wildman–Crippen MR) is 75.1 cm³/mol. The van der Waals surface area contributed by atoms with Crippen molar-refractivity contribution >= 4 is 29.3 Å². The highest BCUT2D eigenvalue weighted by molar-refractivity contribution is 7.99. The van der Waals surface area contributed by atoms with E-state index in [9.17, 15) is 14.4 Å². The van der Waals surface area contributed by atoms with Gasteiger partial charge in [0.15, 0.2) is 5.78 Å². The molecule has 0 aliphatic heterocycles. The highest BCUT2D eigenvalue weighted by atomic mass is 32.2. The Morgan fingerprint density at radius 1 is 1.42 bits per heavy atom. The first-order valence-electron chi connectivity index (χ1n) is 6.82. The zero-order valence-electron chi connectivity index (χ0n) is 11.8. The van der Waals surface area contributed by atoms with Crippen LogP contribution in [0.25, 0.3) is 0 Å². The van der Waals surface area contributed by atoms with Crippen molar-refractivity contribution in [2.75, 3.05) is 12.4 Å². The number of carbonyl (C=O) groups is 3. The summed E-state index contributed by atoms with van der Waals surface area (Å²) in [5.41, 5.74) is 0. The number of hydrogen-bond acceptors (Lipinski definition) is 5. The molecule has 1 aliphatic carbocycles. The van der Waals surface area contributed by atoms with Crippen LogP contribution in [-0.4, -0.2) is 35.1 Å². The van der Waals surface area contributed by atoms with Crippen molar-refractivity contribution in [3.63, 3.8) is 0 Å². The van der Waals surface area contributed by atoms with Crippen molar-refractivity contribution < 1.29 is 19.1 Å². The van der Waals surface area contributed by atoms with Gasteiger partial charge in [0.25, 0.3) is 0 Å². The van der Waals surface area contributed by atoms with Crippen LogP contribution in [0.2, 0.25) is 0 Å². The van der Waals surface area contributed by atoms with E-state index in [0.717, 1.165) is 5.75 Å². The lowest BCUT2D eigenvalue weighted by Gasteiger charge is -2.29. The molecule has 0 aromatic heterocycles. The van der Waals surface area contributed by atoms with Crippen LogP contribution in [0.1, 0.15) is 40.0 Å². The fourth-order valence-electron chi connectivity index (χ4n) is 2.60. The van der Waals surface area contributed by atoms with Gasteiger partial charge >= 0.3 is 5.97 Å². The normalized spacial score (nSPS) is 25.2. The summed E-state index contributed by atoms with van der Waals surface area (Å²) in [7, 11) is 0. The molecule has 0 N–H and O–H groups in total. The van der Waals surface area contributed by atoms with Gasteiger partial charge in [-0.05, 0) is 25.0 Å². The van der Waals surface area contributed by atoms with Crippen molar-refractivity contribution in [3.8, 4) is 0 Å². The van der Waals surface area contributed by atoms with Crippen molar-refractivity contribution in [2.24, 2.45) is 11.8 Å². The second-order valence-electron chi connectivity index (χ2n) is 4.88. The molecule has 5 heteroatoms. The summed E-state index contributed by atoms with van der Waals surface area (Å²) in [4.78, 5) is 35.4. The van der Waals surface area contributed by atoms with Crippen molar-refractivity contribution in [1.29, 1.82) is 0 Å². The lowest BCUT2D eigenvalue weighted by atomic mass is 9.75. The zero-order chi connectivity index (χ0) is 14.4. The SMILES string of the molecule is CCOC(=O)[C@H]1C(=O)CC(=O)C[C@H]1C[C@H](C)SCC. The smallest absolute Gasteiger partial charge is 0.316 e. The van der Waals surface area contributed by atoms with E-state index in [-0.39, 0.29) is 30.5 Å². The van der Waals surface area contributed by atoms with Crippen molar-refractivity contribution in [1.82, 2.24) is 0 Å². The number of thioether (sulfide) groups is 1. The number of carbonyl (C=O) groups excluding carboxylic acids is 3. The van der Waals surface area contributed by atoms with Crippen LogP contribution in [0.3, 0.4) is 0 Å². The quantitative estimate of drug-likeness (QED) is 0.553. The van der Waals surface area contributed by atoms with Crippen LogP contribution in [0.15, 0.2) is 0 Å². The molecule has 0 heterocycles. The zero-order valence-corrected chi connectivity index (χ0v) is 12.6. The Morgan fingerprint density at radius 2 is 2.11 bits per heavy atom. The summed E-state index contributed by atoms with van der Waals surface area (Å²) in [6.07, 6.45) is 0.915. The van der Waals surface area contributed by atoms with E-state index in [1.54, 1.807) is 18.7 Å². The summed E-state index contributed by atoms with van der Waals surface area (Å²) in [5.74, 6) is -0.726. The van der Waals surface area contributed by atoms with Gasteiger partial charge in [0.05, 0.1) is 13.0 Å². The van der Waals surface area contributed by atoms with E-state index in [2.05, 4.69) is 13.8 Å². The Labute approximate surface area is 118 Å². The number of Topliss-reactive ketones (excluding diaryl/α,β-unsaturated/α-hetero) is 2. The van der Waals surface area contributed by atoms with Gasteiger partial charge < -0.3 is 4.74 Å². The standard InChI is InChI=1S/C14H22O4S/c1-4-18-14(17)13-10(6-9(3)19-5-2)7-11(15)8-12(13)16/h9-10,13H,4-8H2,1-3H3/t9-,10+,13+/m0/s1. The molecular weight excluding hydrogens is 264 g/mol. The molecule has 3 atom stereocenters. The maximum atomic E-state index is 11.9. The Hall–Kier alpha value is -0.840. The molecule has 0 aromatic rings. The minimum atomic E-state index is -0.738. The maximum Gasteiger partial charge on any atom is 0.316 e. The van der Waals surface area contributed by atoms with Gasteiger partial charge in [-0.3, -0.25) is 14.4 Å². The second kappa shape index (κ2) is 7.68. The van der Waals surface area contributed by atoms with E-state index < -0.39 is 11.9 Å². The number of ketones is 2. The number of rotatable bonds is 6. The van der Waals surface area contributed by atoms with Crippen LogP contribution in [0.5, 0.6) is 0 Å². The third kappa shape index (κ3) is 4.64. The summed E-state index contributed by atoms with van der Waals surface area (Å²) in [6, 6.07) is 0. The molecular formula is C14H22O4S. The monoisotopic (exact) mass is 286 g/mol. The minimum Gasteiger partial charge on any atom is -0.465 e. The first kappa shape index (κ1) is 16.2. The highest BCUT2D eigenvalue weighted by Crippen LogP contribution is 2.33. The van der Waals surface area contributed by atoms with Crippen molar-refractivity contribution in [3.05, 3.63) is 0 Å². The fourth-order valence-corrected chi connectivity index (χ4v) is 3.56. The molecule has 0 unspecified atom stereocenters. The summed E-state index contributed by atoms with van der Waals surface area (Å²) in [5, 5.41) is 0.339. The number of hydrogen-bond donors (Lipinski definition) is 0. The topological polar surface area (TPSA) is 60.4 Å². The van der Waals surface area contributed by atoms with E-state index in [4.69, 9.17) is 4.74 Å². The van der Waals surface area contributed by atoms with Crippen LogP contribution in [-0.2, 0) is 19.1 Å². The fraction of sp³-hybridized carbons (Fsp3) is 0.786. The largest absolute Gasteiger partial charge is 0.465 e. The van der Waals surface area contributed by atoms with Crippen LogP contribution < -0.4 is 0 Å².